The molecule has 10 nitrogen and oxygen atoms in total. The number of amides is 2. The van der Waals surface area contributed by atoms with Gasteiger partial charge in [-0.2, -0.15) is 4.99 Å². The van der Waals surface area contributed by atoms with Crippen LogP contribution in [0.1, 0.15) is 33.1 Å². The fourth-order valence-electron chi connectivity index (χ4n) is 4.06. The van der Waals surface area contributed by atoms with Crippen LogP contribution in [0.5, 0.6) is 11.5 Å². The monoisotopic (exact) mass is 534 g/mol. The first kappa shape index (κ1) is 28.5. The molecule has 1 atom stereocenters. The number of carbonyl (C=O) groups is 2. The van der Waals surface area contributed by atoms with Crippen molar-refractivity contribution in [2.45, 2.75) is 44.8 Å². The van der Waals surface area contributed by atoms with Crippen molar-refractivity contribution in [1.29, 1.82) is 0 Å². The van der Waals surface area contributed by atoms with Crippen molar-refractivity contribution in [1.82, 2.24) is 10.2 Å². The number of ether oxygens (including phenoxy) is 3. The molecule has 0 radical (unpaired) electrons. The molecule has 0 aromatic heterocycles. The lowest BCUT2D eigenvalue weighted by Gasteiger charge is -2.30. The maximum absolute atomic E-state index is 13.3. The summed E-state index contributed by atoms with van der Waals surface area (Å²) in [6.45, 7) is 4.94. The SMILES string of the molecule is COc1cccc(OC2=CC(=O)N(C(CC3CCOCC3)C(=O)N=C(N)/C=C\NCC(C)(C)O)C2)c1Cl. The van der Waals surface area contributed by atoms with Gasteiger partial charge < -0.3 is 35.3 Å². The molecule has 1 unspecified atom stereocenters. The van der Waals surface area contributed by atoms with Crippen molar-refractivity contribution in [3.63, 3.8) is 0 Å². The summed E-state index contributed by atoms with van der Waals surface area (Å²) in [5.41, 5.74) is 5.05. The highest BCUT2D eigenvalue weighted by Gasteiger charge is 2.36. The van der Waals surface area contributed by atoms with Gasteiger partial charge in [0.05, 0.1) is 19.3 Å². The van der Waals surface area contributed by atoms with E-state index in [-0.39, 0.29) is 29.2 Å². The van der Waals surface area contributed by atoms with Gasteiger partial charge in [0.15, 0.2) is 0 Å². The summed E-state index contributed by atoms with van der Waals surface area (Å²) in [5.74, 6) is 0.480. The van der Waals surface area contributed by atoms with Gasteiger partial charge in [-0.05, 0) is 57.2 Å². The number of amidine groups is 1. The third-order valence-corrected chi connectivity index (χ3v) is 6.36. The third-order valence-electron chi connectivity index (χ3n) is 5.99. The molecule has 11 heteroatoms. The number of nitrogens with zero attached hydrogens (tertiary/aromatic N) is 2. The second-order valence-corrected chi connectivity index (χ2v) is 10.0. The van der Waals surface area contributed by atoms with E-state index in [0.29, 0.717) is 43.4 Å². The van der Waals surface area contributed by atoms with E-state index in [1.165, 1.54) is 30.4 Å². The Morgan fingerprint density at radius 1 is 1.38 bits per heavy atom. The lowest BCUT2D eigenvalue weighted by atomic mass is 9.91. The van der Waals surface area contributed by atoms with E-state index < -0.39 is 17.6 Å². The smallest absolute Gasteiger partial charge is 0.270 e. The fraction of sp³-hybridized carbons (Fsp3) is 0.500. The number of aliphatic imine (C=N–C) groups is 1. The van der Waals surface area contributed by atoms with Crippen LogP contribution in [-0.2, 0) is 14.3 Å². The van der Waals surface area contributed by atoms with Crippen LogP contribution in [0.4, 0.5) is 0 Å². The molecule has 0 saturated carbocycles. The number of rotatable bonds is 11. The summed E-state index contributed by atoms with van der Waals surface area (Å²) in [6.07, 6.45) is 6.34. The average Bonchev–Trinajstić information content (AvgIpc) is 3.21. The Morgan fingerprint density at radius 3 is 2.76 bits per heavy atom. The number of benzene rings is 1. The Kier molecular flexibility index (Phi) is 9.96. The molecule has 37 heavy (non-hydrogen) atoms. The molecule has 1 saturated heterocycles. The first-order valence-electron chi connectivity index (χ1n) is 12.2. The van der Waals surface area contributed by atoms with Gasteiger partial charge in [0, 0.05) is 32.0 Å². The van der Waals surface area contributed by atoms with Crippen molar-refractivity contribution in [3.05, 3.63) is 47.3 Å². The van der Waals surface area contributed by atoms with E-state index >= 15 is 0 Å². The van der Waals surface area contributed by atoms with Crippen LogP contribution in [0.2, 0.25) is 5.02 Å². The molecule has 4 N–H and O–H groups in total. The molecule has 1 aromatic rings. The maximum Gasteiger partial charge on any atom is 0.270 e. The number of nitrogens with one attached hydrogen (secondary N) is 1. The molecule has 0 aliphatic carbocycles. The summed E-state index contributed by atoms with van der Waals surface area (Å²) >= 11 is 6.34. The largest absolute Gasteiger partial charge is 0.495 e. The number of methoxy groups -OCH3 is 1. The molecule has 0 bridgehead atoms. The van der Waals surface area contributed by atoms with Gasteiger partial charge in [0.1, 0.15) is 34.2 Å². The summed E-state index contributed by atoms with van der Waals surface area (Å²) in [5, 5.41) is 13.0. The number of carbonyl (C=O) groups excluding carboxylic acids is 2. The molecule has 2 aliphatic heterocycles. The minimum Gasteiger partial charge on any atom is -0.495 e. The van der Waals surface area contributed by atoms with Crippen molar-refractivity contribution < 1.29 is 28.9 Å². The fourth-order valence-corrected chi connectivity index (χ4v) is 4.30. The van der Waals surface area contributed by atoms with E-state index in [9.17, 15) is 14.7 Å². The number of hydrogen-bond donors (Lipinski definition) is 3. The average molecular weight is 535 g/mol. The summed E-state index contributed by atoms with van der Waals surface area (Å²) in [6, 6.07) is 4.29. The van der Waals surface area contributed by atoms with E-state index in [4.69, 9.17) is 31.5 Å². The Hall–Kier alpha value is -3.08. The van der Waals surface area contributed by atoms with E-state index in [1.54, 1.807) is 32.0 Å². The van der Waals surface area contributed by atoms with Crippen LogP contribution in [0.25, 0.3) is 0 Å². The Labute approximate surface area is 222 Å². The third kappa shape index (κ3) is 8.48. The number of halogens is 1. The number of nitrogens with two attached hydrogens (primary N) is 1. The van der Waals surface area contributed by atoms with Crippen molar-refractivity contribution >= 4 is 29.3 Å². The van der Waals surface area contributed by atoms with Crippen molar-refractivity contribution in [2.75, 3.05) is 33.4 Å². The minimum atomic E-state index is -0.904. The van der Waals surface area contributed by atoms with Gasteiger partial charge in [-0.15, -0.1) is 0 Å². The summed E-state index contributed by atoms with van der Waals surface area (Å²) in [4.78, 5) is 31.7. The van der Waals surface area contributed by atoms with Crippen LogP contribution in [-0.4, -0.2) is 72.7 Å². The van der Waals surface area contributed by atoms with Crippen LogP contribution < -0.4 is 20.5 Å². The van der Waals surface area contributed by atoms with Crippen molar-refractivity contribution in [3.8, 4) is 11.5 Å². The van der Waals surface area contributed by atoms with Gasteiger partial charge in [-0.3, -0.25) is 9.59 Å². The van der Waals surface area contributed by atoms with E-state index in [2.05, 4.69) is 10.3 Å². The highest BCUT2D eigenvalue weighted by Crippen LogP contribution is 2.35. The predicted octanol–water partition coefficient (Wildman–Crippen LogP) is 2.40. The number of aliphatic hydroxyl groups is 1. The molecule has 2 amide bonds. The van der Waals surface area contributed by atoms with Gasteiger partial charge in [-0.1, -0.05) is 17.7 Å². The zero-order valence-electron chi connectivity index (χ0n) is 21.4. The first-order valence-corrected chi connectivity index (χ1v) is 12.5. The standard InChI is InChI=1S/C26H35ClN4O6/c1-26(2,34)16-29-10-7-22(28)30-25(33)19(13-17-8-11-36-12-9-17)31-15-18(14-23(31)32)37-21-6-4-5-20(35-3)24(21)27/h4-7,10,14,17,19,29,34H,8-9,11-13,15-16H2,1-3H3,(H2,28,30,33)/b10-7-. The summed E-state index contributed by atoms with van der Waals surface area (Å²) < 4.78 is 16.6. The molecule has 2 heterocycles. The van der Waals surface area contributed by atoms with Gasteiger partial charge in [0.25, 0.3) is 11.8 Å². The van der Waals surface area contributed by atoms with Crippen LogP contribution in [0, 0.1) is 5.92 Å². The van der Waals surface area contributed by atoms with Crippen LogP contribution in [0.3, 0.4) is 0 Å². The van der Waals surface area contributed by atoms with Gasteiger partial charge in [-0.25, -0.2) is 0 Å². The zero-order chi connectivity index (χ0) is 27.0. The molecule has 3 rings (SSSR count). The Balaban J connectivity index is 1.74. The normalized spacial score (nSPS) is 18.2. The molecule has 0 spiro atoms. The van der Waals surface area contributed by atoms with Gasteiger partial charge >= 0.3 is 0 Å². The summed E-state index contributed by atoms with van der Waals surface area (Å²) in [7, 11) is 1.50. The van der Waals surface area contributed by atoms with E-state index in [1.807, 2.05) is 0 Å². The topological polar surface area (TPSA) is 136 Å². The molecular weight excluding hydrogens is 500 g/mol. The minimum absolute atomic E-state index is 0.00976. The van der Waals surface area contributed by atoms with Gasteiger partial charge in [0.2, 0.25) is 0 Å². The maximum atomic E-state index is 13.3. The second kappa shape index (κ2) is 12.9. The Morgan fingerprint density at radius 2 is 2.08 bits per heavy atom. The zero-order valence-corrected chi connectivity index (χ0v) is 22.2. The highest BCUT2D eigenvalue weighted by atomic mass is 35.5. The first-order chi connectivity index (χ1) is 17.6. The second-order valence-electron chi connectivity index (χ2n) is 9.66. The molecule has 1 aromatic carbocycles. The molecule has 1 fully saturated rings. The Bertz CT molecular complexity index is 1060. The quantitative estimate of drug-likeness (QED) is 0.291. The van der Waals surface area contributed by atoms with Crippen LogP contribution in [0.15, 0.2) is 47.3 Å². The molecule has 2 aliphatic rings. The lowest BCUT2D eigenvalue weighted by molar-refractivity contribution is -0.135. The van der Waals surface area contributed by atoms with Crippen LogP contribution >= 0.6 is 11.6 Å². The van der Waals surface area contributed by atoms with Crippen molar-refractivity contribution in [2.24, 2.45) is 16.6 Å². The van der Waals surface area contributed by atoms with E-state index in [0.717, 1.165) is 12.8 Å². The predicted molar refractivity (Wildman–Crippen MR) is 140 cm³/mol. The lowest BCUT2D eigenvalue weighted by Crippen LogP contribution is -2.44. The highest BCUT2D eigenvalue weighted by molar-refractivity contribution is 6.33. The number of hydrogen-bond acceptors (Lipinski definition) is 7. The molecular formula is C26H35ClN4O6. The molecule has 202 valence electrons.